The van der Waals surface area contributed by atoms with Crippen LogP contribution in [-0.2, 0) is 0 Å². The van der Waals surface area contributed by atoms with Gasteiger partial charge in [-0.15, -0.1) is 0 Å². The molecule has 2 aromatic rings. The highest BCUT2D eigenvalue weighted by Crippen LogP contribution is 2.31. The Hall–Kier alpha value is -1.35. The van der Waals surface area contributed by atoms with Gasteiger partial charge in [0.15, 0.2) is 0 Å². The largest absolute Gasteiger partial charge is 0.302 e. The van der Waals surface area contributed by atoms with E-state index in [4.69, 9.17) is 0 Å². The second-order valence-electron chi connectivity index (χ2n) is 5.46. The fraction of sp³-hybridized carbons (Fsp3) is 0.533. The van der Waals surface area contributed by atoms with Gasteiger partial charge in [-0.2, -0.15) is 0 Å². The SMILES string of the molecule is CC(C)N1CCCCC1c1ncc2ccccn12. The molecule has 1 aliphatic rings. The Morgan fingerprint density at radius 3 is 3.00 bits per heavy atom. The molecule has 2 aromatic heterocycles. The highest BCUT2D eigenvalue weighted by Gasteiger charge is 2.28. The Kier molecular flexibility index (Phi) is 3.08. The molecule has 0 amide bonds. The van der Waals surface area contributed by atoms with Gasteiger partial charge in [0.25, 0.3) is 0 Å². The minimum absolute atomic E-state index is 0.476. The van der Waals surface area contributed by atoms with E-state index in [1.807, 2.05) is 6.20 Å². The summed E-state index contributed by atoms with van der Waals surface area (Å²) in [5.41, 5.74) is 1.20. The van der Waals surface area contributed by atoms with Crippen LogP contribution in [0.15, 0.2) is 30.6 Å². The first-order valence-electron chi connectivity index (χ1n) is 6.95. The third kappa shape index (κ3) is 1.93. The van der Waals surface area contributed by atoms with Crippen LogP contribution in [0, 0.1) is 0 Å². The van der Waals surface area contributed by atoms with Crippen molar-refractivity contribution >= 4 is 5.52 Å². The maximum atomic E-state index is 4.67. The number of hydrogen-bond donors (Lipinski definition) is 0. The quantitative estimate of drug-likeness (QED) is 0.807. The molecular weight excluding hydrogens is 222 g/mol. The Labute approximate surface area is 108 Å². The van der Waals surface area contributed by atoms with E-state index in [-0.39, 0.29) is 0 Å². The van der Waals surface area contributed by atoms with E-state index in [9.17, 15) is 0 Å². The van der Waals surface area contributed by atoms with Gasteiger partial charge in [0.1, 0.15) is 5.82 Å². The summed E-state index contributed by atoms with van der Waals surface area (Å²) < 4.78 is 2.24. The first-order chi connectivity index (χ1) is 8.77. The van der Waals surface area contributed by atoms with Crippen molar-refractivity contribution in [2.75, 3.05) is 6.54 Å². The smallest absolute Gasteiger partial charge is 0.130 e. The molecule has 0 aromatic carbocycles. The van der Waals surface area contributed by atoms with Gasteiger partial charge in [-0.3, -0.25) is 4.90 Å². The molecule has 96 valence electrons. The average molecular weight is 243 g/mol. The van der Waals surface area contributed by atoms with Crippen molar-refractivity contribution in [1.82, 2.24) is 14.3 Å². The molecule has 0 saturated carbocycles. The van der Waals surface area contributed by atoms with Crippen LogP contribution in [0.5, 0.6) is 0 Å². The van der Waals surface area contributed by atoms with E-state index in [0.717, 1.165) is 0 Å². The topological polar surface area (TPSA) is 20.5 Å². The molecule has 1 atom stereocenters. The van der Waals surface area contributed by atoms with Gasteiger partial charge in [-0.1, -0.05) is 12.5 Å². The zero-order valence-corrected chi connectivity index (χ0v) is 11.2. The predicted octanol–water partition coefficient (Wildman–Crippen LogP) is 3.27. The number of pyridine rings is 1. The van der Waals surface area contributed by atoms with Crippen LogP contribution in [0.25, 0.3) is 5.52 Å². The molecule has 0 bridgehead atoms. The Balaban J connectivity index is 2.01. The van der Waals surface area contributed by atoms with Crippen molar-refractivity contribution in [2.24, 2.45) is 0 Å². The number of piperidine rings is 1. The van der Waals surface area contributed by atoms with Gasteiger partial charge in [0.2, 0.25) is 0 Å². The second kappa shape index (κ2) is 4.73. The summed E-state index contributed by atoms with van der Waals surface area (Å²) in [5.74, 6) is 1.21. The lowest BCUT2D eigenvalue weighted by Gasteiger charge is -2.37. The van der Waals surface area contributed by atoms with Crippen molar-refractivity contribution in [3.63, 3.8) is 0 Å². The summed E-state index contributed by atoms with van der Waals surface area (Å²) in [4.78, 5) is 7.26. The molecule has 0 spiro atoms. The monoisotopic (exact) mass is 243 g/mol. The van der Waals surface area contributed by atoms with E-state index in [0.29, 0.717) is 12.1 Å². The van der Waals surface area contributed by atoms with Crippen LogP contribution in [-0.4, -0.2) is 26.9 Å². The van der Waals surface area contributed by atoms with Crippen LogP contribution in [0.2, 0.25) is 0 Å². The van der Waals surface area contributed by atoms with Crippen molar-refractivity contribution < 1.29 is 0 Å². The first-order valence-corrected chi connectivity index (χ1v) is 6.95. The van der Waals surface area contributed by atoms with Gasteiger partial charge < -0.3 is 4.40 Å². The number of likely N-dealkylation sites (tertiary alicyclic amines) is 1. The summed E-state index contributed by atoms with van der Waals surface area (Å²) in [6, 6.07) is 7.34. The molecule has 0 aliphatic carbocycles. The predicted molar refractivity (Wildman–Crippen MR) is 73.6 cm³/mol. The lowest BCUT2D eigenvalue weighted by atomic mass is 10.00. The summed E-state index contributed by atoms with van der Waals surface area (Å²) in [6.45, 7) is 5.77. The first kappa shape index (κ1) is 11.7. The molecule has 0 radical (unpaired) electrons. The second-order valence-corrected chi connectivity index (χ2v) is 5.46. The van der Waals surface area contributed by atoms with Gasteiger partial charge in [-0.25, -0.2) is 4.98 Å². The standard InChI is InChI=1S/C15H21N3/c1-12(2)17-9-6-4-8-14(17)15-16-11-13-7-3-5-10-18(13)15/h3,5,7,10-12,14H,4,6,8-9H2,1-2H3. The van der Waals surface area contributed by atoms with Crippen molar-refractivity contribution in [3.05, 3.63) is 36.4 Å². The summed E-state index contributed by atoms with van der Waals surface area (Å²) >= 11 is 0. The van der Waals surface area contributed by atoms with Gasteiger partial charge in [0.05, 0.1) is 17.8 Å². The number of rotatable bonds is 2. The zero-order chi connectivity index (χ0) is 12.5. The maximum Gasteiger partial charge on any atom is 0.130 e. The molecule has 1 fully saturated rings. The molecule has 1 saturated heterocycles. The Morgan fingerprint density at radius 1 is 1.28 bits per heavy atom. The zero-order valence-electron chi connectivity index (χ0n) is 11.2. The van der Waals surface area contributed by atoms with E-state index in [1.165, 1.54) is 37.1 Å². The van der Waals surface area contributed by atoms with E-state index >= 15 is 0 Å². The molecule has 3 heterocycles. The van der Waals surface area contributed by atoms with Crippen LogP contribution in [0.1, 0.15) is 45.0 Å². The molecule has 18 heavy (non-hydrogen) atoms. The third-order valence-electron chi connectivity index (χ3n) is 3.97. The summed E-state index contributed by atoms with van der Waals surface area (Å²) in [5, 5.41) is 0. The van der Waals surface area contributed by atoms with Crippen LogP contribution in [0.4, 0.5) is 0 Å². The molecule has 3 nitrogen and oxygen atoms in total. The lowest BCUT2D eigenvalue weighted by molar-refractivity contribution is 0.106. The molecular formula is C15H21N3. The van der Waals surface area contributed by atoms with Crippen LogP contribution >= 0.6 is 0 Å². The van der Waals surface area contributed by atoms with E-state index < -0.39 is 0 Å². The van der Waals surface area contributed by atoms with Crippen LogP contribution < -0.4 is 0 Å². The minimum atomic E-state index is 0.476. The average Bonchev–Trinajstić information content (AvgIpc) is 2.82. The fourth-order valence-corrected chi connectivity index (χ4v) is 3.06. The normalized spacial score (nSPS) is 21.8. The Bertz CT molecular complexity index is 529. The highest BCUT2D eigenvalue weighted by molar-refractivity contribution is 5.45. The maximum absolute atomic E-state index is 4.67. The molecule has 1 unspecified atom stereocenters. The third-order valence-corrected chi connectivity index (χ3v) is 3.97. The van der Waals surface area contributed by atoms with Gasteiger partial charge in [0, 0.05) is 12.2 Å². The number of imidazole rings is 1. The Morgan fingerprint density at radius 2 is 2.17 bits per heavy atom. The fourth-order valence-electron chi connectivity index (χ4n) is 3.06. The minimum Gasteiger partial charge on any atom is -0.302 e. The van der Waals surface area contributed by atoms with Crippen LogP contribution in [0.3, 0.4) is 0 Å². The van der Waals surface area contributed by atoms with Crippen molar-refractivity contribution in [3.8, 4) is 0 Å². The van der Waals surface area contributed by atoms with Crippen molar-refractivity contribution in [2.45, 2.75) is 45.2 Å². The van der Waals surface area contributed by atoms with E-state index in [2.05, 4.69) is 52.5 Å². The molecule has 3 rings (SSSR count). The molecule has 0 N–H and O–H groups in total. The van der Waals surface area contributed by atoms with E-state index in [1.54, 1.807) is 0 Å². The summed E-state index contributed by atoms with van der Waals surface area (Å²) in [7, 11) is 0. The number of aromatic nitrogens is 2. The molecule has 3 heteroatoms. The van der Waals surface area contributed by atoms with Gasteiger partial charge >= 0.3 is 0 Å². The molecule has 1 aliphatic heterocycles. The van der Waals surface area contributed by atoms with Gasteiger partial charge in [-0.05, 0) is 45.4 Å². The summed E-state index contributed by atoms with van der Waals surface area (Å²) in [6.07, 6.45) is 7.98. The van der Waals surface area contributed by atoms with Crippen molar-refractivity contribution in [1.29, 1.82) is 0 Å². The number of hydrogen-bond acceptors (Lipinski definition) is 2. The lowest BCUT2D eigenvalue weighted by Crippen LogP contribution is -2.39. The number of fused-ring (bicyclic) bond motifs is 1. The highest BCUT2D eigenvalue weighted by atomic mass is 15.2. The number of nitrogens with zero attached hydrogens (tertiary/aromatic N) is 3.